The van der Waals surface area contributed by atoms with E-state index in [1.807, 2.05) is 7.05 Å². The number of pyridine rings is 1. The lowest BCUT2D eigenvalue weighted by atomic mass is 10.2. The van der Waals surface area contributed by atoms with Gasteiger partial charge in [0, 0.05) is 25.3 Å². The van der Waals surface area contributed by atoms with Crippen molar-refractivity contribution in [2.75, 3.05) is 44.7 Å². The molecule has 0 spiro atoms. The first kappa shape index (κ1) is 17.9. The summed E-state index contributed by atoms with van der Waals surface area (Å²) in [6, 6.07) is 4.37. The molecule has 0 aromatic carbocycles. The first-order valence-electron chi connectivity index (χ1n) is 8.24. The van der Waals surface area contributed by atoms with E-state index in [0.29, 0.717) is 0 Å². The summed E-state index contributed by atoms with van der Waals surface area (Å²) in [7, 11) is 1.98. The molecular weight excluding hydrogens is 260 g/mol. The number of rotatable bonds is 10. The number of hydrogen-bond donors (Lipinski definition) is 1. The lowest BCUT2D eigenvalue weighted by Crippen LogP contribution is -2.30. The zero-order valence-electron chi connectivity index (χ0n) is 14.4. The highest BCUT2D eigenvalue weighted by Gasteiger charge is 2.08. The number of hydrogen-bond acceptors (Lipinski definition) is 4. The smallest absolute Gasteiger partial charge is 0.129 e. The Hall–Kier alpha value is -1.13. The average molecular weight is 292 g/mol. The molecule has 1 aromatic heterocycles. The van der Waals surface area contributed by atoms with Crippen LogP contribution in [0.5, 0.6) is 0 Å². The quantitative estimate of drug-likeness (QED) is 0.718. The Morgan fingerprint density at radius 3 is 2.33 bits per heavy atom. The van der Waals surface area contributed by atoms with Crippen molar-refractivity contribution in [2.45, 2.75) is 40.7 Å². The van der Waals surface area contributed by atoms with Gasteiger partial charge in [-0.2, -0.15) is 0 Å². The standard InChI is InChI=1S/C17H32N4/c1-6-20(7-2)10-9-11-21(8-3)17-13-16(14-18-5)12-15(4)19-17/h12-13,18H,6-11,14H2,1-5H3. The van der Waals surface area contributed by atoms with Gasteiger partial charge in [-0.25, -0.2) is 4.98 Å². The first-order valence-corrected chi connectivity index (χ1v) is 8.24. The van der Waals surface area contributed by atoms with E-state index in [2.05, 4.69) is 54.9 Å². The normalized spacial score (nSPS) is 11.1. The average Bonchev–Trinajstić information content (AvgIpc) is 2.47. The van der Waals surface area contributed by atoms with E-state index in [1.165, 1.54) is 18.5 Å². The largest absolute Gasteiger partial charge is 0.357 e. The van der Waals surface area contributed by atoms with Crippen LogP contribution in [0.15, 0.2) is 12.1 Å². The topological polar surface area (TPSA) is 31.4 Å². The van der Waals surface area contributed by atoms with Gasteiger partial charge in [0.25, 0.3) is 0 Å². The van der Waals surface area contributed by atoms with Crippen molar-refractivity contribution in [2.24, 2.45) is 0 Å². The van der Waals surface area contributed by atoms with Crippen LogP contribution in [0.1, 0.15) is 38.4 Å². The van der Waals surface area contributed by atoms with Crippen LogP contribution in [-0.4, -0.2) is 49.7 Å². The molecule has 0 saturated heterocycles. The summed E-state index contributed by atoms with van der Waals surface area (Å²) in [5.74, 6) is 1.11. The van der Waals surface area contributed by atoms with Crippen molar-refractivity contribution in [3.05, 3.63) is 23.4 Å². The first-order chi connectivity index (χ1) is 10.1. The summed E-state index contributed by atoms with van der Waals surface area (Å²) in [4.78, 5) is 9.57. The number of nitrogens with one attached hydrogen (secondary N) is 1. The molecular formula is C17H32N4. The molecule has 1 aromatic rings. The van der Waals surface area contributed by atoms with Gasteiger partial charge in [-0.3, -0.25) is 0 Å². The predicted molar refractivity (Wildman–Crippen MR) is 92.0 cm³/mol. The highest BCUT2D eigenvalue weighted by atomic mass is 15.2. The van der Waals surface area contributed by atoms with E-state index in [0.717, 1.165) is 44.2 Å². The fourth-order valence-electron chi connectivity index (χ4n) is 2.65. The zero-order chi connectivity index (χ0) is 15.7. The van der Waals surface area contributed by atoms with Crippen molar-refractivity contribution in [3.8, 4) is 0 Å². The molecule has 1 N–H and O–H groups in total. The molecule has 0 radical (unpaired) electrons. The van der Waals surface area contributed by atoms with Crippen LogP contribution in [0.25, 0.3) is 0 Å². The molecule has 0 aliphatic heterocycles. The van der Waals surface area contributed by atoms with E-state index >= 15 is 0 Å². The predicted octanol–water partition coefficient (Wildman–Crippen LogP) is 2.67. The third kappa shape index (κ3) is 6.02. The highest BCUT2D eigenvalue weighted by Crippen LogP contribution is 2.15. The summed E-state index contributed by atoms with van der Waals surface area (Å²) in [6.45, 7) is 15.2. The van der Waals surface area contributed by atoms with Gasteiger partial charge in [0.2, 0.25) is 0 Å². The van der Waals surface area contributed by atoms with Gasteiger partial charge < -0.3 is 15.1 Å². The molecule has 4 nitrogen and oxygen atoms in total. The van der Waals surface area contributed by atoms with Crippen LogP contribution in [0, 0.1) is 6.92 Å². The van der Waals surface area contributed by atoms with Gasteiger partial charge in [-0.1, -0.05) is 13.8 Å². The molecule has 0 aliphatic rings. The SMILES string of the molecule is CCN(CC)CCCN(CC)c1cc(CNC)cc(C)n1. The third-order valence-electron chi connectivity index (χ3n) is 3.88. The second kappa shape index (κ2) is 9.74. The maximum absolute atomic E-state index is 4.71. The Morgan fingerprint density at radius 2 is 1.76 bits per heavy atom. The highest BCUT2D eigenvalue weighted by molar-refractivity contribution is 5.42. The minimum absolute atomic E-state index is 0.896. The van der Waals surface area contributed by atoms with Crippen molar-refractivity contribution in [1.29, 1.82) is 0 Å². The summed E-state index contributed by atoms with van der Waals surface area (Å²) in [6.07, 6.45) is 1.19. The lowest BCUT2D eigenvalue weighted by molar-refractivity contribution is 0.300. The van der Waals surface area contributed by atoms with Crippen LogP contribution >= 0.6 is 0 Å². The van der Waals surface area contributed by atoms with E-state index in [9.17, 15) is 0 Å². The Balaban J connectivity index is 2.66. The fourth-order valence-corrected chi connectivity index (χ4v) is 2.65. The molecule has 0 atom stereocenters. The fraction of sp³-hybridized carbons (Fsp3) is 0.706. The Labute approximate surface area is 130 Å². The van der Waals surface area contributed by atoms with Crippen molar-refractivity contribution in [1.82, 2.24) is 15.2 Å². The maximum Gasteiger partial charge on any atom is 0.129 e. The molecule has 21 heavy (non-hydrogen) atoms. The number of aryl methyl sites for hydroxylation is 1. The van der Waals surface area contributed by atoms with Gasteiger partial charge in [-0.05, 0) is 64.6 Å². The molecule has 0 bridgehead atoms. The summed E-state index contributed by atoms with van der Waals surface area (Å²) < 4.78 is 0. The van der Waals surface area contributed by atoms with Crippen LogP contribution in [-0.2, 0) is 6.54 Å². The summed E-state index contributed by atoms with van der Waals surface area (Å²) in [5.41, 5.74) is 2.40. The maximum atomic E-state index is 4.71. The number of anilines is 1. The molecule has 0 aliphatic carbocycles. The zero-order valence-corrected chi connectivity index (χ0v) is 14.4. The second-order valence-electron chi connectivity index (χ2n) is 5.47. The van der Waals surface area contributed by atoms with Crippen LogP contribution in [0.2, 0.25) is 0 Å². The van der Waals surface area contributed by atoms with E-state index < -0.39 is 0 Å². The van der Waals surface area contributed by atoms with Crippen molar-refractivity contribution in [3.63, 3.8) is 0 Å². The van der Waals surface area contributed by atoms with Crippen molar-refractivity contribution < 1.29 is 0 Å². The number of aromatic nitrogens is 1. The molecule has 1 rings (SSSR count). The van der Waals surface area contributed by atoms with Crippen LogP contribution in [0.4, 0.5) is 5.82 Å². The summed E-state index contributed by atoms with van der Waals surface area (Å²) in [5, 5.41) is 3.22. The van der Waals surface area contributed by atoms with Crippen molar-refractivity contribution >= 4 is 5.82 Å². The monoisotopic (exact) mass is 292 g/mol. The lowest BCUT2D eigenvalue weighted by Gasteiger charge is -2.25. The van der Waals surface area contributed by atoms with Gasteiger partial charge in [0.15, 0.2) is 0 Å². The molecule has 120 valence electrons. The minimum atomic E-state index is 0.896. The Morgan fingerprint density at radius 1 is 1.05 bits per heavy atom. The Bertz CT molecular complexity index is 402. The molecule has 1 heterocycles. The molecule has 0 saturated carbocycles. The summed E-state index contributed by atoms with van der Waals surface area (Å²) >= 11 is 0. The Kier molecular flexibility index (Phi) is 8.31. The van der Waals surface area contributed by atoms with Gasteiger partial charge in [-0.15, -0.1) is 0 Å². The minimum Gasteiger partial charge on any atom is -0.357 e. The second-order valence-corrected chi connectivity index (χ2v) is 5.47. The molecule has 4 heteroatoms. The third-order valence-corrected chi connectivity index (χ3v) is 3.88. The van der Waals surface area contributed by atoms with E-state index in [-0.39, 0.29) is 0 Å². The molecule has 0 amide bonds. The van der Waals surface area contributed by atoms with Gasteiger partial charge >= 0.3 is 0 Å². The van der Waals surface area contributed by atoms with E-state index in [1.54, 1.807) is 0 Å². The van der Waals surface area contributed by atoms with E-state index in [4.69, 9.17) is 4.98 Å². The van der Waals surface area contributed by atoms with Gasteiger partial charge in [0.05, 0.1) is 0 Å². The van der Waals surface area contributed by atoms with Crippen LogP contribution < -0.4 is 10.2 Å². The van der Waals surface area contributed by atoms with Gasteiger partial charge in [0.1, 0.15) is 5.82 Å². The molecule has 0 unspecified atom stereocenters. The molecule has 0 fully saturated rings. The van der Waals surface area contributed by atoms with Crippen LogP contribution in [0.3, 0.4) is 0 Å². The number of nitrogens with zero attached hydrogens (tertiary/aromatic N) is 3.